The molecule has 1 heterocycles. The lowest BCUT2D eigenvalue weighted by Gasteiger charge is -2.06. The lowest BCUT2D eigenvalue weighted by Crippen LogP contribution is -1.89. The summed E-state index contributed by atoms with van der Waals surface area (Å²) < 4.78 is 7.10. The third-order valence-electron chi connectivity index (χ3n) is 3.49. The topological polar surface area (TPSA) is 38.9 Å². The fourth-order valence-electron chi connectivity index (χ4n) is 2.31. The molecule has 0 aliphatic carbocycles. The number of azo groups is 1. The third-order valence-corrected chi connectivity index (χ3v) is 3.49. The normalized spacial score (nSPS) is 10.8. The largest absolute Gasteiger partial charge is 0.497 e. The Morgan fingerprint density at radius 2 is 1.65 bits per heavy atom. The van der Waals surface area contributed by atoms with Crippen LogP contribution in [0.5, 0.6) is 5.75 Å². The summed E-state index contributed by atoms with van der Waals surface area (Å²) in [5.41, 5.74) is 2.88. The van der Waals surface area contributed by atoms with Crippen LogP contribution in [0.1, 0.15) is 0 Å². The predicted octanol–water partition coefficient (Wildman–Crippen LogP) is 5.68. The minimum Gasteiger partial charge on any atom is -0.497 e. The van der Waals surface area contributed by atoms with Crippen LogP contribution in [0.15, 0.2) is 83.5 Å². The average Bonchev–Trinajstić information content (AvgIpc) is 3.04. The van der Waals surface area contributed by atoms with Crippen molar-refractivity contribution in [2.45, 2.75) is 0 Å². The quantitative estimate of drug-likeness (QED) is 0.559. The number of hydrogen-bond donors (Lipinski definition) is 0. The molecule has 2 aromatic carbocycles. The molecule has 0 saturated heterocycles. The fourth-order valence-corrected chi connectivity index (χ4v) is 2.31. The molecule has 0 amide bonds. The number of methoxy groups -OCH3 is 1. The first-order valence-electron chi connectivity index (χ1n) is 7.27. The van der Waals surface area contributed by atoms with Crippen molar-refractivity contribution < 1.29 is 4.74 Å². The zero-order chi connectivity index (χ0) is 16.1. The van der Waals surface area contributed by atoms with E-state index >= 15 is 0 Å². The van der Waals surface area contributed by atoms with Crippen LogP contribution in [0.3, 0.4) is 0 Å². The highest BCUT2D eigenvalue weighted by Crippen LogP contribution is 2.29. The van der Waals surface area contributed by atoms with Crippen molar-refractivity contribution in [2.75, 3.05) is 7.11 Å². The fraction of sp³-hybridized carbons (Fsp3) is 0.0526. The van der Waals surface area contributed by atoms with Gasteiger partial charge in [0.25, 0.3) is 0 Å². The highest BCUT2D eigenvalue weighted by Gasteiger charge is 2.07. The molecule has 114 valence electrons. The van der Waals surface area contributed by atoms with Crippen molar-refractivity contribution in [1.29, 1.82) is 0 Å². The Labute approximate surface area is 135 Å². The van der Waals surface area contributed by atoms with Gasteiger partial charge >= 0.3 is 0 Å². The molecule has 4 nitrogen and oxygen atoms in total. The van der Waals surface area contributed by atoms with Gasteiger partial charge in [0.15, 0.2) is 5.82 Å². The van der Waals surface area contributed by atoms with Crippen LogP contribution >= 0.6 is 0 Å². The van der Waals surface area contributed by atoms with E-state index in [1.807, 2.05) is 71.3 Å². The van der Waals surface area contributed by atoms with Crippen LogP contribution in [0.4, 0.5) is 11.5 Å². The number of aromatic nitrogens is 1. The van der Waals surface area contributed by atoms with Gasteiger partial charge in [-0.25, -0.2) is 0 Å². The number of benzene rings is 2. The molecule has 0 spiro atoms. The highest BCUT2D eigenvalue weighted by atomic mass is 16.5. The van der Waals surface area contributed by atoms with E-state index in [0.717, 1.165) is 28.5 Å². The van der Waals surface area contributed by atoms with Crippen molar-refractivity contribution >= 4 is 17.7 Å². The zero-order valence-electron chi connectivity index (χ0n) is 12.9. The van der Waals surface area contributed by atoms with Crippen molar-refractivity contribution in [3.63, 3.8) is 0 Å². The molecule has 0 unspecified atom stereocenters. The second-order valence-corrected chi connectivity index (χ2v) is 4.89. The Bertz CT molecular complexity index is 818. The summed E-state index contributed by atoms with van der Waals surface area (Å²) >= 11 is 0. The van der Waals surface area contributed by atoms with Gasteiger partial charge in [0.05, 0.1) is 18.5 Å². The Kier molecular flexibility index (Phi) is 4.34. The molecule has 23 heavy (non-hydrogen) atoms. The molecular formula is C19H17N3O. The second kappa shape index (κ2) is 6.75. The van der Waals surface area contributed by atoms with E-state index in [2.05, 4.69) is 16.8 Å². The van der Waals surface area contributed by atoms with Crippen molar-refractivity contribution in [1.82, 2.24) is 4.57 Å². The van der Waals surface area contributed by atoms with Crippen LogP contribution in [0, 0.1) is 0 Å². The molecule has 0 saturated carbocycles. The first-order chi connectivity index (χ1) is 11.3. The maximum atomic E-state index is 5.19. The maximum absolute atomic E-state index is 5.19. The van der Waals surface area contributed by atoms with E-state index in [4.69, 9.17) is 4.74 Å². The molecule has 0 aliphatic rings. The molecule has 1 aromatic heterocycles. The van der Waals surface area contributed by atoms with Gasteiger partial charge in [-0.2, -0.15) is 0 Å². The Morgan fingerprint density at radius 1 is 0.913 bits per heavy atom. The number of ether oxygens (including phenoxy) is 1. The maximum Gasteiger partial charge on any atom is 0.159 e. The predicted molar refractivity (Wildman–Crippen MR) is 93.4 cm³/mol. The number of rotatable bonds is 5. The van der Waals surface area contributed by atoms with Gasteiger partial charge < -0.3 is 9.30 Å². The minimum absolute atomic E-state index is 0.731. The summed E-state index contributed by atoms with van der Waals surface area (Å²) in [7, 11) is 1.66. The minimum atomic E-state index is 0.731. The summed E-state index contributed by atoms with van der Waals surface area (Å²) in [6.07, 6.45) is 1.74. The second-order valence-electron chi connectivity index (χ2n) is 4.89. The highest BCUT2D eigenvalue weighted by molar-refractivity contribution is 5.67. The SMILES string of the molecule is C=Cn1c(N=Nc2ccccc2)ccc1-c1ccc(OC)cc1. The first-order valence-corrected chi connectivity index (χ1v) is 7.27. The monoisotopic (exact) mass is 303 g/mol. The van der Waals surface area contributed by atoms with E-state index in [1.54, 1.807) is 13.3 Å². The van der Waals surface area contributed by atoms with Gasteiger partial charge in [-0.15, -0.1) is 10.2 Å². The molecule has 0 bridgehead atoms. The van der Waals surface area contributed by atoms with Gasteiger partial charge in [0.1, 0.15) is 5.75 Å². The van der Waals surface area contributed by atoms with Gasteiger partial charge in [0.2, 0.25) is 0 Å². The molecular weight excluding hydrogens is 286 g/mol. The van der Waals surface area contributed by atoms with E-state index in [9.17, 15) is 0 Å². The summed E-state index contributed by atoms with van der Waals surface area (Å²) in [5, 5.41) is 8.58. The van der Waals surface area contributed by atoms with Crippen molar-refractivity contribution in [3.05, 3.63) is 73.3 Å². The van der Waals surface area contributed by atoms with Crippen molar-refractivity contribution in [2.24, 2.45) is 10.2 Å². The van der Waals surface area contributed by atoms with Crippen LogP contribution in [-0.2, 0) is 0 Å². The molecule has 0 atom stereocenters. The summed E-state index contributed by atoms with van der Waals surface area (Å²) in [6, 6.07) is 21.4. The summed E-state index contributed by atoms with van der Waals surface area (Å²) in [4.78, 5) is 0. The molecule has 4 heteroatoms. The van der Waals surface area contributed by atoms with E-state index < -0.39 is 0 Å². The Morgan fingerprint density at radius 3 is 2.30 bits per heavy atom. The third kappa shape index (κ3) is 3.21. The van der Waals surface area contributed by atoms with Gasteiger partial charge in [-0.3, -0.25) is 0 Å². The zero-order valence-corrected chi connectivity index (χ0v) is 12.9. The molecule has 0 radical (unpaired) electrons. The van der Waals surface area contributed by atoms with Crippen LogP contribution < -0.4 is 4.74 Å². The van der Waals surface area contributed by atoms with E-state index in [1.165, 1.54) is 0 Å². The van der Waals surface area contributed by atoms with Gasteiger partial charge in [-0.05, 0) is 54.1 Å². The number of hydrogen-bond acceptors (Lipinski definition) is 3. The van der Waals surface area contributed by atoms with E-state index in [0.29, 0.717) is 0 Å². The van der Waals surface area contributed by atoms with Crippen LogP contribution in [0.25, 0.3) is 17.5 Å². The van der Waals surface area contributed by atoms with Crippen LogP contribution in [0.2, 0.25) is 0 Å². The Balaban J connectivity index is 1.93. The standard InChI is InChI=1S/C19H17N3O/c1-3-22-18(15-9-11-17(23-2)12-10-15)13-14-19(22)21-20-16-7-5-4-6-8-16/h3-14H,1H2,2H3. The lowest BCUT2D eigenvalue weighted by molar-refractivity contribution is 0.415. The average molecular weight is 303 g/mol. The molecule has 0 fully saturated rings. The molecule has 0 N–H and O–H groups in total. The van der Waals surface area contributed by atoms with Gasteiger partial charge in [-0.1, -0.05) is 24.8 Å². The van der Waals surface area contributed by atoms with Crippen LogP contribution in [-0.4, -0.2) is 11.7 Å². The summed E-state index contributed by atoms with van der Waals surface area (Å²) in [5.74, 6) is 1.56. The number of nitrogens with zero attached hydrogens (tertiary/aromatic N) is 3. The van der Waals surface area contributed by atoms with E-state index in [-0.39, 0.29) is 0 Å². The van der Waals surface area contributed by atoms with Gasteiger partial charge in [0, 0.05) is 6.20 Å². The first kappa shape index (κ1) is 14.8. The molecule has 3 rings (SSSR count). The Hall–Kier alpha value is -3.14. The molecule has 3 aromatic rings. The smallest absolute Gasteiger partial charge is 0.159 e. The molecule has 0 aliphatic heterocycles. The lowest BCUT2D eigenvalue weighted by atomic mass is 10.1. The summed E-state index contributed by atoms with van der Waals surface area (Å²) in [6.45, 7) is 3.88. The van der Waals surface area contributed by atoms with Crippen molar-refractivity contribution in [3.8, 4) is 17.0 Å².